The third-order valence-electron chi connectivity index (χ3n) is 6.09. The van der Waals surface area contributed by atoms with Gasteiger partial charge in [0.05, 0.1) is 23.5 Å². The third kappa shape index (κ3) is 4.53. The van der Waals surface area contributed by atoms with E-state index in [2.05, 4.69) is 21.6 Å². The highest BCUT2D eigenvalue weighted by Gasteiger charge is 2.33. The molecule has 8 heteroatoms. The van der Waals surface area contributed by atoms with Crippen molar-refractivity contribution in [3.63, 3.8) is 0 Å². The van der Waals surface area contributed by atoms with Crippen molar-refractivity contribution in [3.8, 4) is 6.07 Å². The van der Waals surface area contributed by atoms with Crippen LogP contribution >= 0.6 is 11.8 Å². The zero-order valence-electron chi connectivity index (χ0n) is 19.8. The van der Waals surface area contributed by atoms with E-state index in [0.717, 1.165) is 22.4 Å². The molecule has 1 N–H and O–H groups in total. The minimum atomic E-state index is -0.391. The van der Waals surface area contributed by atoms with Crippen molar-refractivity contribution in [1.82, 2.24) is 14.6 Å². The number of rotatable bonds is 6. The topological polar surface area (TPSA) is 92.3 Å². The molecule has 7 nitrogen and oxygen atoms in total. The van der Waals surface area contributed by atoms with Gasteiger partial charge in [0.1, 0.15) is 11.9 Å². The second kappa shape index (κ2) is 9.17. The molecule has 0 saturated heterocycles. The molecule has 0 radical (unpaired) electrons. The number of fused-ring (bicyclic) bond motifs is 3. The number of ketones is 1. The molecule has 5 rings (SSSR count). The van der Waals surface area contributed by atoms with E-state index in [-0.39, 0.29) is 11.5 Å². The van der Waals surface area contributed by atoms with Crippen molar-refractivity contribution in [2.24, 2.45) is 0 Å². The van der Waals surface area contributed by atoms with Gasteiger partial charge in [0, 0.05) is 23.2 Å². The summed E-state index contributed by atoms with van der Waals surface area (Å²) in [5, 5.41) is 23.1. The van der Waals surface area contributed by atoms with E-state index in [1.807, 2.05) is 67.6 Å². The van der Waals surface area contributed by atoms with Gasteiger partial charge in [-0.15, -0.1) is 10.2 Å². The first-order chi connectivity index (χ1) is 16.9. The average molecular weight is 484 g/mol. The molecule has 3 heterocycles. The Hall–Kier alpha value is -3.67. The van der Waals surface area contributed by atoms with E-state index >= 15 is 0 Å². The molecule has 0 aliphatic carbocycles. The van der Waals surface area contributed by atoms with Gasteiger partial charge < -0.3 is 10.1 Å². The smallest absolute Gasteiger partial charge is 0.197 e. The first-order valence-corrected chi connectivity index (χ1v) is 12.4. The fourth-order valence-corrected chi connectivity index (χ4v) is 5.07. The van der Waals surface area contributed by atoms with Crippen LogP contribution in [0.15, 0.2) is 59.8 Å². The zero-order valence-corrected chi connectivity index (χ0v) is 20.6. The van der Waals surface area contributed by atoms with Crippen LogP contribution in [-0.2, 0) is 17.8 Å². The number of nitrogens with one attached hydrogen (secondary N) is 1. The summed E-state index contributed by atoms with van der Waals surface area (Å²) in [5.74, 6) is 0.809. The van der Waals surface area contributed by atoms with Crippen LogP contribution in [-0.4, -0.2) is 31.7 Å². The predicted molar refractivity (Wildman–Crippen MR) is 136 cm³/mol. The van der Waals surface area contributed by atoms with Crippen molar-refractivity contribution < 1.29 is 9.53 Å². The Labute approximate surface area is 208 Å². The molecule has 35 heavy (non-hydrogen) atoms. The van der Waals surface area contributed by atoms with Crippen molar-refractivity contribution in [1.29, 1.82) is 5.26 Å². The summed E-state index contributed by atoms with van der Waals surface area (Å²) >= 11 is 1.31. The molecule has 1 aliphatic rings. The number of aromatic nitrogens is 3. The van der Waals surface area contributed by atoms with Crippen molar-refractivity contribution in [2.45, 2.75) is 44.6 Å². The van der Waals surface area contributed by atoms with Gasteiger partial charge in [-0.2, -0.15) is 5.26 Å². The van der Waals surface area contributed by atoms with Crippen LogP contribution in [0, 0.1) is 18.3 Å². The predicted octanol–water partition coefficient (Wildman–Crippen LogP) is 5.48. The fraction of sp³-hybridized carbons (Fsp3) is 0.259. The highest BCUT2D eigenvalue weighted by Crippen LogP contribution is 2.38. The van der Waals surface area contributed by atoms with Crippen LogP contribution in [0.4, 0.5) is 11.5 Å². The van der Waals surface area contributed by atoms with Crippen LogP contribution in [0.3, 0.4) is 0 Å². The van der Waals surface area contributed by atoms with E-state index in [1.54, 1.807) is 12.1 Å². The molecular formula is C27H25N5O2S. The number of hydrogen-bond donors (Lipinski definition) is 1. The summed E-state index contributed by atoms with van der Waals surface area (Å²) in [7, 11) is 0. The maximum absolute atomic E-state index is 12.7. The Morgan fingerprint density at radius 3 is 2.60 bits per heavy atom. The number of Topliss-reactive ketones (excluding diaryl/α,β-unsaturated/α-hetero) is 1. The monoisotopic (exact) mass is 483 g/mol. The Balaban J connectivity index is 1.62. The summed E-state index contributed by atoms with van der Waals surface area (Å²) in [6.45, 7) is 6.42. The van der Waals surface area contributed by atoms with E-state index in [9.17, 15) is 10.1 Å². The molecule has 0 bridgehead atoms. The lowest BCUT2D eigenvalue weighted by molar-refractivity contribution is -0.0397. The molecule has 0 unspecified atom stereocenters. The minimum Gasteiger partial charge on any atom is -0.370 e. The van der Waals surface area contributed by atoms with Gasteiger partial charge in [-0.3, -0.25) is 9.20 Å². The summed E-state index contributed by atoms with van der Waals surface area (Å²) in [6.07, 6.45) is 0.589. The molecular weight excluding hydrogens is 458 g/mol. The highest BCUT2D eigenvalue weighted by molar-refractivity contribution is 7.99. The molecule has 2 aromatic carbocycles. The lowest BCUT2D eigenvalue weighted by Crippen LogP contribution is -2.33. The SMILES string of the molecule is Cc1ccc(Nc2c(C#N)c3c(c4nnc(SCC(=O)c5ccccc5)n24)COC(C)(C)C3)cc1. The van der Waals surface area contributed by atoms with Gasteiger partial charge in [0.15, 0.2) is 16.6 Å². The molecule has 176 valence electrons. The number of nitriles is 1. The molecule has 0 spiro atoms. The number of ether oxygens (including phenoxy) is 1. The summed E-state index contributed by atoms with van der Waals surface area (Å²) < 4.78 is 7.91. The number of benzene rings is 2. The van der Waals surface area contributed by atoms with E-state index in [4.69, 9.17) is 4.74 Å². The number of pyridine rings is 1. The second-order valence-electron chi connectivity index (χ2n) is 9.23. The maximum Gasteiger partial charge on any atom is 0.197 e. The van der Waals surface area contributed by atoms with Gasteiger partial charge in [0.25, 0.3) is 0 Å². The maximum atomic E-state index is 12.7. The molecule has 0 fully saturated rings. The zero-order chi connectivity index (χ0) is 24.6. The number of thioether (sulfide) groups is 1. The standard InChI is InChI=1S/C27H25N5O2S/c1-17-9-11-19(12-10-17)29-24-21(14-28)20-13-27(2,3)34-15-22(20)25-30-31-26(32(24)25)35-16-23(33)18-7-5-4-6-8-18/h4-12,29H,13,15-16H2,1-3H3. The molecule has 0 atom stereocenters. The first-order valence-electron chi connectivity index (χ1n) is 11.4. The number of carbonyl (C=O) groups excluding carboxylic acids is 1. The van der Waals surface area contributed by atoms with E-state index in [1.165, 1.54) is 11.8 Å². The van der Waals surface area contributed by atoms with Gasteiger partial charge in [-0.05, 0) is 38.5 Å². The Kier molecular flexibility index (Phi) is 6.05. The molecule has 4 aromatic rings. The van der Waals surface area contributed by atoms with Crippen molar-refractivity contribution in [3.05, 3.63) is 82.4 Å². The summed E-state index contributed by atoms with van der Waals surface area (Å²) in [5.41, 5.74) is 5.23. The van der Waals surface area contributed by atoms with Crippen LogP contribution in [0.5, 0.6) is 0 Å². The summed E-state index contributed by atoms with van der Waals surface area (Å²) in [6, 6.07) is 19.6. The minimum absolute atomic E-state index is 0.00365. The number of nitrogens with zero attached hydrogens (tertiary/aromatic N) is 4. The van der Waals surface area contributed by atoms with Crippen molar-refractivity contribution >= 4 is 34.7 Å². The van der Waals surface area contributed by atoms with Crippen LogP contribution < -0.4 is 5.32 Å². The van der Waals surface area contributed by atoms with E-state index < -0.39 is 5.60 Å². The average Bonchev–Trinajstić information content (AvgIpc) is 3.28. The molecule has 0 saturated carbocycles. The van der Waals surface area contributed by atoms with Gasteiger partial charge in [-0.25, -0.2) is 0 Å². The Morgan fingerprint density at radius 1 is 1.14 bits per heavy atom. The third-order valence-corrected chi connectivity index (χ3v) is 7.02. The second-order valence-corrected chi connectivity index (χ2v) is 10.2. The Morgan fingerprint density at radius 2 is 1.89 bits per heavy atom. The number of anilines is 2. The van der Waals surface area contributed by atoms with Crippen LogP contribution in [0.2, 0.25) is 0 Å². The lowest BCUT2D eigenvalue weighted by Gasteiger charge is -2.33. The quantitative estimate of drug-likeness (QED) is 0.287. The molecule has 2 aromatic heterocycles. The van der Waals surface area contributed by atoms with E-state index in [0.29, 0.717) is 40.8 Å². The first kappa shape index (κ1) is 23.1. The Bertz CT molecular complexity index is 1450. The molecule has 1 aliphatic heterocycles. The van der Waals surface area contributed by atoms with Gasteiger partial charge >= 0.3 is 0 Å². The lowest BCUT2D eigenvalue weighted by atomic mass is 9.89. The van der Waals surface area contributed by atoms with Gasteiger partial charge in [-0.1, -0.05) is 59.8 Å². The number of hydrogen-bond acceptors (Lipinski definition) is 7. The normalized spacial score (nSPS) is 14.3. The number of carbonyl (C=O) groups is 1. The summed E-state index contributed by atoms with van der Waals surface area (Å²) in [4.78, 5) is 12.7. The van der Waals surface area contributed by atoms with Gasteiger partial charge in [0.2, 0.25) is 0 Å². The highest BCUT2D eigenvalue weighted by atomic mass is 32.2. The fourth-order valence-electron chi connectivity index (χ4n) is 4.24. The van der Waals surface area contributed by atoms with Crippen LogP contribution in [0.1, 0.15) is 46.5 Å². The number of aryl methyl sites for hydroxylation is 1. The molecule has 0 amide bonds. The van der Waals surface area contributed by atoms with Crippen LogP contribution in [0.25, 0.3) is 5.65 Å². The largest absolute Gasteiger partial charge is 0.370 e. The van der Waals surface area contributed by atoms with Crippen molar-refractivity contribution in [2.75, 3.05) is 11.1 Å².